The maximum Gasteiger partial charge on any atom is 0.307 e. The van der Waals surface area contributed by atoms with Gasteiger partial charge in [-0.15, -0.1) is 0 Å². The topological polar surface area (TPSA) is 135 Å². The van der Waals surface area contributed by atoms with Gasteiger partial charge in [0.05, 0.1) is 11.8 Å². The molecule has 0 amide bonds. The lowest BCUT2D eigenvalue weighted by atomic mass is 9.76. The molecule has 1 aliphatic rings. The minimum Gasteiger partial charge on any atom is -0.481 e. The zero-order valence-corrected chi connectivity index (χ0v) is 8.03. The summed E-state index contributed by atoms with van der Waals surface area (Å²) in [5, 5.41) is 27.9. The van der Waals surface area contributed by atoms with E-state index in [0.29, 0.717) is 0 Å². The molecule has 1 rings (SSSR count). The van der Waals surface area contributed by atoms with Crippen molar-refractivity contribution in [1.82, 2.24) is 0 Å². The zero-order chi connectivity index (χ0) is 12.5. The van der Waals surface area contributed by atoms with E-state index < -0.39 is 53.4 Å². The second kappa shape index (κ2) is 4.25. The summed E-state index contributed by atoms with van der Waals surface area (Å²) in [4.78, 5) is 42.3. The summed E-state index contributed by atoms with van der Waals surface area (Å²) in [6, 6.07) is -1.60. The molecule has 0 aromatic heterocycles. The van der Waals surface area contributed by atoms with Gasteiger partial charge in [0.15, 0.2) is 0 Å². The van der Waals surface area contributed by atoms with Crippen LogP contribution in [-0.2, 0) is 14.4 Å². The molecule has 0 aliphatic heterocycles. The van der Waals surface area contributed by atoms with Gasteiger partial charge in [0, 0.05) is 17.8 Å². The number of ketones is 1. The largest absolute Gasteiger partial charge is 0.481 e. The van der Waals surface area contributed by atoms with Crippen molar-refractivity contribution in [3.63, 3.8) is 0 Å². The molecule has 1 saturated carbocycles. The molecule has 0 saturated heterocycles. The van der Waals surface area contributed by atoms with E-state index in [1.165, 1.54) is 0 Å². The number of nitrogens with zero attached hydrogens (tertiary/aromatic N) is 1. The first-order valence-electron chi connectivity index (χ1n) is 4.46. The Hall–Kier alpha value is -1.99. The van der Waals surface area contributed by atoms with Crippen LogP contribution in [0, 0.1) is 22.0 Å². The lowest BCUT2D eigenvalue weighted by Gasteiger charge is -2.25. The first-order valence-corrected chi connectivity index (χ1v) is 4.46. The van der Waals surface area contributed by atoms with Crippen molar-refractivity contribution >= 4 is 17.7 Å². The molecule has 0 heterocycles. The van der Waals surface area contributed by atoms with Gasteiger partial charge in [0.25, 0.3) is 6.04 Å². The summed E-state index contributed by atoms with van der Waals surface area (Å²) >= 11 is 0. The van der Waals surface area contributed by atoms with Crippen molar-refractivity contribution in [2.75, 3.05) is 0 Å². The smallest absolute Gasteiger partial charge is 0.307 e. The summed E-state index contributed by atoms with van der Waals surface area (Å²) in [5.41, 5.74) is 0. The van der Waals surface area contributed by atoms with Gasteiger partial charge < -0.3 is 10.2 Å². The van der Waals surface area contributed by atoms with E-state index in [0.717, 1.165) is 0 Å². The van der Waals surface area contributed by atoms with Gasteiger partial charge in [-0.05, 0) is 0 Å². The average molecular weight is 231 g/mol. The summed E-state index contributed by atoms with van der Waals surface area (Å²) in [7, 11) is 0. The molecule has 0 aromatic carbocycles. The Labute approximate surface area is 89.0 Å². The minimum atomic E-state index is -1.60. The fourth-order valence-electron chi connectivity index (χ4n) is 1.77. The van der Waals surface area contributed by atoms with Crippen molar-refractivity contribution in [2.24, 2.45) is 11.8 Å². The summed E-state index contributed by atoms with van der Waals surface area (Å²) in [5.74, 6) is -6.42. The highest BCUT2D eigenvalue weighted by Crippen LogP contribution is 2.30. The number of Topliss-reactive ketones (excluding diaryl/α,β-unsaturated/α-hetero) is 1. The van der Waals surface area contributed by atoms with E-state index in [9.17, 15) is 24.5 Å². The molecule has 2 N–H and O–H groups in total. The lowest BCUT2D eigenvalue weighted by molar-refractivity contribution is -0.511. The summed E-state index contributed by atoms with van der Waals surface area (Å²) in [6.45, 7) is 0. The van der Waals surface area contributed by atoms with Crippen LogP contribution in [0.3, 0.4) is 0 Å². The molecule has 0 radical (unpaired) electrons. The Morgan fingerprint density at radius 3 is 2.12 bits per heavy atom. The molecular weight excluding hydrogens is 222 g/mol. The Morgan fingerprint density at radius 2 is 1.75 bits per heavy atom. The number of carbonyl (C=O) groups excluding carboxylic acids is 1. The zero-order valence-electron chi connectivity index (χ0n) is 8.03. The number of rotatable bonds is 3. The van der Waals surface area contributed by atoms with Gasteiger partial charge in [0.1, 0.15) is 0 Å². The molecule has 1 aliphatic carbocycles. The van der Waals surface area contributed by atoms with E-state index in [1.54, 1.807) is 0 Å². The Kier molecular flexibility index (Phi) is 3.21. The third-order valence-corrected chi connectivity index (χ3v) is 2.64. The molecule has 0 spiro atoms. The van der Waals surface area contributed by atoms with Crippen LogP contribution < -0.4 is 0 Å². The maximum absolute atomic E-state index is 11.2. The van der Waals surface area contributed by atoms with Gasteiger partial charge in [-0.2, -0.15) is 0 Å². The minimum absolute atomic E-state index is 0.557. The average Bonchev–Trinajstić information content (AvgIpc) is 2.15. The second-order valence-electron chi connectivity index (χ2n) is 3.60. The second-order valence-corrected chi connectivity index (χ2v) is 3.60. The van der Waals surface area contributed by atoms with Gasteiger partial charge in [-0.3, -0.25) is 24.5 Å². The number of carboxylic acids is 2. The van der Waals surface area contributed by atoms with Crippen molar-refractivity contribution in [3.05, 3.63) is 10.1 Å². The van der Waals surface area contributed by atoms with Gasteiger partial charge in [0.2, 0.25) is 5.78 Å². The lowest BCUT2D eigenvalue weighted by Crippen LogP contribution is -2.45. The quantitative estimate of drug-likeness (QED) is 0.488. The Bertz CT molecular complexity index is 363. The summed E-state index contributed by atoms with van der Waals surface area (Å²) in [6.07, 6.45) is -1.16. The molecule has 16 heavy (non-hydrogen) atoms. The first-order chi connectivity index (χ1) is 7.34. The molecule has 0 bridgehead atoms. The fourth-order valence-corrected chi connectivity index (χ4v) is 1.77. The van der Waals surface area contributed by atoms with Crippen LogP contribution in [0.15, 0.2) is 0 Å². The molecule has 1 fully saturated rings. The molecular formula is C8H9NO7. The molecule has 3 unspecified atom stereocenters. The Morgan fingerprint density at radius 1 is 1.25 bits per heavy atom. The highest BCUT2D eigenvalue weighted by Gasteiger charge is 2.48. The van der Waals surface area contributed by atoms with Crippen LogP contribution in [0.25, 0.3) is 0 Å². The predicted molar refractivity (Wildman–Crippen MR) is 47.3 cm³/mol. The number of aliphatic carboxylic acids is 2. The highest BCUT2D eigenvalue weighted by molar-refractivity contribution is 5.92. The molecule has 3 atom stereocenters. The fraction of sp³-hybridized carbons (Fsp3) is 0.625. The van der Waals surface area contributed by atoms with E-state index in [2.05, 4.69) is 0 Å². The first kappa shape index (κ1) is 12.1. The van der Waals surface area contributed by atoms with Crippen LogP contribution in [0.2, 0.25) is 0 Å². The molecule has 88 valence electrons. The standard InChI is InChI=1S/C8H9NO7/c10-6-2-4(8(13)14)3(7(11)12)1-5(6)9(15)16/h3-5H,1-2H2,(H,11,12)(H,13,14). The van der Waals surface area contributed by atoms with Crippen LogP contribution in [-0.4, -0.2) is 38.9 Å². The molecule has 8 nitrogen and oxygen atoms in total. The molecule has 8 heteroatoms. The van der Waals surface area contributed by atoms with Crippen molar-refractivity contribution in [3.8, 4) is 0 Å². The van der Waals surface area contributed by atoms with E-state index in [4.69, 9.17) is 10.2 Å². The highest BCUT2D eigenvalue weighted by atomic mass is 16.6. The predicted octanol–water partition coefficient (Wildman–Crippen LogP) is -0.604. The third kappa shape index (κ3) is 2.15. The monoisotopic (exact) mass is 231 g/mol. The van der Waals surface area contributed by atoms with Crippen molar-refractivity contribution in [2.45, 2.75) is 18.9 Å². The summed E-state index contributed by atoms with van der Waals surface area (Å²) < 4.78 is 0. The van der Waals surface area contributed by atoms with Gasteiger partial charge >= 0.3 is 11.9 Å². The third-order valence-electron chi connectivity index (χ3n) is 2.64. The number of carboxylic acid groups (broad SMARTS) is 2. The number of hydrogen-bond donors (Lipinski definition) is 2. The molecule has 0 aromatic rings. The van der Waals surface area contributed by atoms with E-state index in [1.807, 2.05) is 0 Å². The van der Waals surface area contributed by atoms with Gasteiger partial charge in [-0.1, -0.05) is 0 Å². The van der Waals surface area contributed by atoms with Crippen LogP contribution in [0.1, 0.15) is 12.8 Å². The number of carbonyl (C=O) groups is 3. The number of hydrogen-bond acceptors (Lipinski definition) is 5. The Balaban J connectivity index is 2.95. The van der Waals surface area contributed by atoms with Gasteiger partial charge in [-0.25, -0.2) is 0 Å². The maximum atomic E-state index is 11.2. The van der Waals surface area contributed by atoms with E-state index in [-0.39, 0.29) is 0 Å². The normalized spacial score (nSPS) is 29.8. The van der Waals surface area contributed by atoms with Crippen molar-refractivity contribution < 1.29 is 29.5 Å². The van der Waals surface area contributed by atoms with Crippen LogP contribution in [0.4, 0.5) is 0 Å². The van der Waals surface area contributed by atoms with Crippen molar-refractivity contribution in [1.29, 1.82) is 0 Å². The SMILES string of the molecule is O=C(O)C1CC(=O)C([N+](=O)[O-])CC1C(=O)O. The van der Waals surface area contributed by atoms with E-state index >= 15 is 0 Å². The van der Waals surface area contributed by atoms with Crippen LogP contribution in [0.5, 0.6) is 0 Å². The number of nitro groups is 1. The van der Waals surface area contributed by atoms with Crippen LogP contribution >= 0.6 is 0 Å².